The molecule has 0 nitrogen and oxygen atoms in total. The van der Waals surface area contributed by atoms with Gasteiger partial charge in [-0.25, -0.2) is 0 Å². The van der Waals surface area contributed by atoms with Crippen molar-refractivity contribution < 1.29 is 58.9 Å². The van der Waals surface area contributed by atoms with Gasteiger partial charge >= 0.3 is 21.7 Å². The Bertz CT molecular complexity index is 753. The van der Waals surface area contributed by atoms with Crippen LogP contribution in [0.5, 0.6) is 0 Å². The zero-order valence-corrected chi connectivity index (χ0v) is 18.1. The molecule has 0 aromatic heterocycles. The molecule has 0 heterocycles. The van der Waals surface area contributed by atoms with Crippen molar-refractivity contribution in [1.82, 2.24) is 0 Å². The van der Waals surface area contributed by atoms with E-state index in [2.05, 4.69) is 69.3 Å². The summed E-state index contributed by atoms with van der Waals surface area (Å²) in [5.41, 5.74) is 4.24. The van der Waals surface area contributed by atoms with Gasteiger partial charge in [0.15, 0.2) is 0 Å². The molecule has 0 unspecified atom stereocenters. The van der Waals surface area contributed by atoms with Gasteiger partial charge in [-0.1, -0.05) is 41.9 Å². The van der Waals surface area contributed by atoms with E-state index < -0.39 is 0 Å². The van der Waals surface area contributed by atoms with Crippen molar-refractivity contribution in [2.24, 2.45) is 0 Å². The summed E-state index contributed by atoms with van der Waals surface area (Å²) in [5, 5.41) is 5.76. The Kier molecular flexibility index (Phi) is 11.6. The Hall–Kier alpha value is -0.149. The van der Waals surface area contributed by atoms with E-state index in [1.54, 1.807) is 0 Å². The first-order valence-electron chi connectivity index (χ1n) is 6.65. The minimum Gasteiger partial charge on any atom is -1.00 e. The number of aryl methyl sites for hydroxylation is 2. The van der Waals surface area contributed by atoms with Crippen LogP contribution in [0.4, 0.5) is 0 Å². The molecule has 0 aliphatic carbocycles. The zero-order chi connectivity index (χ0) is 13.4. The number of hydrogen-bond acceptors (Lipinski definition) is 0. The smallest absolute Gasteiger partial charge is 1.00 e. The molecular formula is C18H17Cl3SiTi. The maximum absolute atomic E-state index is 2.31. The average Bonchev–Trinajstić information content (AvgIpc) is 2.72. The monoisotopic (exact) mass is 414 g/mol. The van der Waals surface area contributed by atoms with E-state index >= 15 is 0 Å². The Labute approximate surface area is 174 Å². The van der Waals surface area contributed by atoms with E-state index in [-0.39, 0.29) is 58.9 Å². The second-order valence-electron chi connectivity index (χ2n) is 5.16. The summed E-state index contributed by atoms with van der Waals surface area (Å²) < 4.78 is 0. The standard InChI is InChI=1S/C18H17Si.3ClH.Ti/c1-12-7-6-10-17(14(12)3)19-18-13(2)11-15-8-4-5-9-16(15)18;;;;/h4-11H,1-3H3;3*1H;/q-1;;;;+4/p-3. The topological polar surface area (TPSA) is 0 Å². The van der Waals surface area contributed by atoms with Crippen molar-refractivity contribution in [3.63, 3.8) is 0 Å². The van der Waals surface area contributed by atoms with E-state index in [9.17, 15) is 0 Å². The number of fused-ring (bicyclic) bond motifs is 1. The molecule has 0 N–H and O–H groups in total. The van der Waals surface area contributed by atoms with Crippen LogP contribution in [0.25, 0.3) is 10.8 Å². The van der Waals surface area contributed by atoms with Crippen LogP contribution in [-0.4, -0.2) is 9.52 Å². The molecule has 23 heavy (non-hydrogen) atoms. The van der Waals surface area contributed by atoms with Gasteiger partial charge in [-0.05, 0) is 19.4 Å². The molecule has 0 amide bonds. The third-order valence-corrected chi connectivity index (χ3v) is 5.59. The molecule has 0 aliphatic heterocycles. The Morgan fingerprint density at radius 1 is 0.826 bits per heavy atom. The summed E-state index contributed by atoms with van der Waals surface area (Å²) in [4.78, 5) is 0. The van der Waals surface area contributed by atoms with Crippen LogP contribution in [0.3, 0.4) is 0 Å². The average molecular weight is 416 g/mol. The van der Waals surface area contributed by atoms with E-state index in [1.165, 1.54) is 37.8 Å². The Morgan fingerprint density at radius 3 is 2.17 bits per heavy atom. The van der Waals surface area contributed by atoms with Crippen LogP contribution >= 0.6 is 0 Å². The van der Waals surface area contributed by atoms with Crippen LogP contribution in [0.15, 0.2) is 48.5 Å². The van der Waals surface area contributed by atoms with Crippen LogP contribution in [0.1, 0.15) is 16.7 Å². The van der Waals surface area contributed by atoms with Crippen molar-refractivity contribution in [3.8, 4) is 0 Å². The van der Waals surface area contributed by atoms with E-state index in [0.717, 1.165) is 9.52 Å². The number of hydrogen-bond donors (Lipinski definition) is 0. The van der Waals surface area contributed by atoms with E-state index in [0.29, 0.717) is 0 Å². The van der Waals surface area contributed by atoms with Gasteiger partial charge < -0.3 is 37.2 Å². The molecule has 0 fully saturated rings. The molecule has 2 radical (unpaired) electrons. The number of halogens is 3. The molecule has 0 saturated carbocycles. The fourth-order valence-corrected chi connectivity index (χ4v) is 4.02. The van der Waals surface area contributed by atoms with Gasteiger partial charge in [0.25, 0.3) is 0 Å². The fourth-order valence-electron chi connectivity index (χ4n) is 2.56. The van der Waals surface area contributed by atoms with Crippen LogP contribution in [0, 0.1) is 20.8 Å². The van der Waals surface area contributed by atoms with Crippen LogP contribution < -0.4 is 47.6 Å². The van der Waals surface area contributed by atoms with Crippen LogP contribution in [0.2, 0.25) is 0 Å². The molecule has 0 spiro atoms. The fraction of sp³-hybridized carbons (Fsp3) is 0.167. The number of benzene rings is 2. The van der Waals surface area contributed by atoms with Crippen molar-refractivity contribution in [2.45, 2.75) is 20.8 Å². The van der Waals surface area contributed by atoms with E-state index in [4.69, 9.17) is 0 Å². The quantitative estimate of drug-likeness (QED) is 0.289. The summed E-state index contributed by atoms with van der Waals surface area (Å²) in [7, 11) is 0.749. The van der Waals surface area contributed by atoms with Gasteiger partial charge in [-0.2, -0.15) is 6.07 Å². The first-order valence-corrected chi connectivity index (χ1v) is 7.65. The second-order valence-corrected chi connectivity index (χ2v) is 6.45. The maximum atomic E-state index is 2.31. The molecule has 5 heteroatoms. The Morgan fingerprint density at radius 2 is 1.48 bits per heavy atom. The SMILES string of the molecule is Cc1cccc([Si][c-]2c(C)cc3ccccc32)c1C.[Cl-].[Cl-].[Cl-].[Ti+4]. The van der Waals surface area contributed by atoms with Crippen molar-refractivity contribution in [3.05, 3.63) is 65.2 Å². The van der Waals surface area contributed by atoms with Crippen LogP contribution in [-0.2, 0) is 21.7 Å². The molecule has 0 aliphatic rings. The summed E-state index contributed by atoms with van der Waals surface area (Å²) >= 11 is 0. The Balaban J connectivity index is 0. The van der Waals surface area contributed by atoms with Gasteiger partial charge in [0.1, 0.15) is 0 Å². The summed E-state index contributed by atoms with van der Waals surface area (Å²) in [5.74, 6) is 0. The minimum atomic E-state index is 0. The molecule has 0 atom stereocenters. The van der Waals surface area contributed by atoms with Crippen molar-refractivity contribution in [1.29, 1.82) is 0 Å². The van der Waals surface area contributed by atoms with E-state index in [1.807, 2.05) is 0 Å². The summed E-state index contributed by atoms with van der Waals surface area (Å²) in [6.45, 7) is 6.66. The van der Waals surface area contributed by atoms with Gasteiger partial charge in [-0.3, -0.25) is 0 Å². The minimum absolute atomic E-state index is 0. The molecule has 118 valence electrons. The molecular weight excluding hydrogens is 399 g/mol. The maximum Gasteiger partial charge on any atom is 4.00 e. The number of rotatable bonds is 2. The van der Waals surface area contributed by atoms with Crippen molar-refractivity contribution in [2.75, 3.05) is 0 Å². The molecule has 0 bridgehead atoms. The van der Waals surface area contributed by atoms with Gasteiger partial charge in [-0.15, -0.1) is 39.7 Å². The molecule has 0 saturated heterocycles. The van der Waals surface area contributed by atoms with Gasteiger partial charge in [0, 0.05) is 0 Å². The summed E-state index contributed by atoms with van der Waals surface area (Å²) in [6, 6.07) is 17.6. The normalized spacial score (nSPS) is 9.17. The van der Waals surface area contributed by atoms with Gasteiger partial charge in [0.2, 0.25) is 0 Å². The zero-order valence-electron chi connectivity index (χ0n) is 13.3. The first-order chi connectivity index (χ1) is 9.16. The van der Waals surface area contributed by atoms with Crippen molar-refractivity contribution >= 4 is 30.7 Å². The largest absolute Gasteiger partial charge is 4.00 e. The third kappa shape index (κ3) is 5.16. The molecule has 3 aromatic carbocycles. The summed E-state index contributed by atoms with van der Waals surface area (Å²) in [6.07, 6.45) is 0. The van der Waals surface area contributed by atoms with Gasteiger partial charge in [0.05, 0.1) is 9.52 Å². The molecule has 3 aromatic rings. The third-order valence-electron chi connectivity index (χ3n) is 3.86. The predicted octanol–water partition coefficient (Wildman–Crippen LogP) is -5.85. The second kappa shape index (κ2) is 10.7. The predicted molar refractivity (Wildman–Crippen MR) is 85.2 cm³/mol. The first kappa shape index (κ1) is 25.1. The molecule has 3 rings (SSSR count).